The molecule has 2 amide bonds. The molecule has 0 saturated heterocycles. The van der Waals surface area contributed by atoms with E-state index < -0.39 is 6.09 Å². The van der Waals surface area contributed by atoms with Crippen LogP contribution in [-0.2, 0) is 14.3 Å². The first-order chi connectivity index (χ1) is 10.0. The average Bonchev–Trinajstić information content (AvgIpc) is 2.38. The van der Waals surface area contributed by atoms with Gasteiger partial charge in [-0.2, -0.15) is 0 Å². The average molecular weight is 294 g/mol. The second kappa shape index (κ2) is 8.97. The third kappa shape index (κ3) is 7.31. The van der Waals surface area contributed by atoms with Crippen molar-refractivity contribution in [3.63, 3.8) is 0 Å². The standard InChI is InChI=1S/C15H22N2O4/c1-11(2)9-14(18)16-12-5-4-6-13(10-12)17-15(19)21-8-7-20-3/h4-6,10-11H,7-9H2,1-3H3,(H,16,18)(H,17,19). The van der Waals surface area contributed by atoms with Crippen molar-refractivity contribution in [1.82, 2.24) is 0 Å². The van der Waals surface area contributed by atoms with E-state index in [1.54, 1.807) is 24.3 Å². The minimum atomic E-state index is -0.558. The van der Waals surface area contributed by atoms with E-state index in [1.807, 2.05) is 13.8 Å². The van der Waals surface area contributed by atoms with Gasteiger partial charge in [-0.3, -0.25) is 10.1 Å². The van der Waals surface area contributed by atoms with Crippen LogP contribution >= 0.6 is 0 Å². The Bertz CT molecular complexity index is 474. The third-order valence-electron chi connectivity index (χ3n) is 2.51. The lowest BCUT2D eigenvalue weighted by Crippen LogP contribution is -2.17. The molecule has 0 saturated carbocycles. The van der Waals surface area contributed by atoms with Gasteiger partial charge in [-0.05, 0) is 24.1 Å². The summed E-state index contributed by atoms with van der Waals surface area (Å²) >= 11 is 0. The molecular formula is C15H22N2O4. The van der Waals surface area contributed by atoms with Crippen molar-refractivity contribution in [1.29, 1.82) is 0 Å². The molecule has 21 heavy (non-hydrogen) atoms. The van der Waals surface area contributed by atoms with Gasteiger partial charge in [-0.1, -0.05) is 19.9 Å². The van der Waals surface area contributed by atoms with Crippen LogP contribution in [0.1, 0.15) is 20.3 Å². The maximum atomic E-state index is 11.7. The first-order valence-corrected chi connectivity index (χ1v) is 6.84. The van der Waals surface area contributed by atoms with Crippen LogP contribution in [0.4, 0.5) is 16.2 Å². The van der Waals surface area contributed by atoms with Crippen LogP contribution in [0, 0.1) is 5.92 Å². The summed E-state index contributed by atoms with van der Waals surface area (Å²) in [5.41, 5.74) is 1.19. The van der Waals surface area contributed by atoms with E-state index in [0.29, 0.717) is 30.3 Å². The molecule has 6 heteroatoms. The zero-order valence-corrected chi connectivity index (χ0v) is 12.6. The third-order valence-corrected chi connectivity index (χ3v) is 2.51. The van der Waals surface area contributed by atoms with E-state index in [9.17, 15) is 9.59 Å². The van der Waals surface area contributed by atoms with Crippen molar-refractivity contribution in [3.05, 3.63) is 24.3 Å². The molecule has 1 aromatic rings. The van der Waals surface area contributed by atoms with Crippen molar-refractivity contribution >= 4 is 23.4 Å². The molecule has 0 fully saturated rings. The summed E-state index contributed by atoms with van der Waals surface area (Å²) < 4.78 is 9.68. The first kappa shape index (κ1) is 17.0. The number of hydrogen-bond acceptors (Lipinski definition) is 4. The highest BCUT2D eigenvalue weighted by molar-refractivity contribution is 5.92. The summed E-state index contributed by atoms with van der Waals surface area (Å²) in [5, 5.41) is 5.38. The number of nitrogens with one attached hydrogen (secondary N) is 2. The molecule has 0 bridgehead atoms. The number of benzene rings is 1. The van der Waals surface area contributed by atoms with Crippen LogP contribution in [-0.4, -0.2) is 32.3 Å². The lowest BCUT2D eigenvalue weighted by atomic mass is 10.1. The quantitative estimate of drug-likeness (QED) is 0.758. The molecule has 0 aromatic heterocycles. The summed E-state index contributed by atoms with van der Waals surface area (Å²) in [6.45, 7) is 4.49. The van der Waals surface area contributed by atoms with Crippen LogP contribution in [0.2, 0.25) is 0 Å². The monoisotopic (exact) mass is 294 g/mol. The molecule has 0 aliphatic rings. The number of carbonyl (C=O) groups excluding carboxylic acids is 2. The second-order valence-corrected chi connectivity index (χ2v) is 4.98. The SMILES string of the molecule is COCCOC(=O)Nc1cccc(NC(=O)CC(C)C)c1. The molecule has 0 atom stereocenters. The minimum absolute atomic E-state index is 0.0511. The number of methoxy groups -OCH3 is 1. The number of amides is 2. The molecule has 6 nitrogen and oxygen atoms in total. The Hall–Kier alpha value is -2.08. The van der Waals surface area contributed by atoms with Crippen LogP contribution < -0.4 is 10.6 Å². The zero-order valence-electron chi connectivity index (χ0n) is 12.6. The molecule has 0 spiro atoms. The number of hydrogen-bond donors (Lipinski definition) is 2. The Morgan fingerprint density at radius 1 is 1.14 bits per heavy atom. The first-order valence-electron chi connectivity index (χ1n) is 6.84. The van der Waals surface area contributed by atoms with Gasteiger partial charge in [0.05, 0.1) is 6.61 Å². The van der Waals surface area contributed by atoms with Crippen molar-refractivity contribution in [2.24, 2.45) is 5.92 Å². The van der Waals surface area contributed by atoms with Gasteiger partial charge in [-0.25, -0.2) is 4.79 Å². The van der Waals surface area contributed by atoms with E-state index in [0.717, 1.165) is 0 Å². The Labute approximate surface area is 124 Å². The number of carbonyl (C=O) groups is 2. The fraction of sp³-hybridized carbons (Fsp3) is 0.467. The van der Waals surface area contributed by atoms with E-state index in [4.69, 9.17) is 9.47 Å². The van der Waals surface area contributed by atoms with Gasteiger partial charge in [0, 0.05) is 24.9 Å². The van der Waals surface area contributed by atoms with Gasteiger partial charge in [0.25, 0.3) is 0 Å². The molecule has 1 aromatic carbocycles. The molecule has 0 aliphatic carbocycles. The molecule has 116 valence electrons. The predicted molar refractivity (Wildman–Crippen MR) is 81.4 cm³/mol. The van der Waals surface area contributed by atoms with Gasteiger partial charge in [0.2, 0.25) is 5.91 Å². The van der Waals surface area contributed by atoms with Crippen LogP contribution in [0.5, 0.6) is 0 Å². The molecule has 0 radical (unpaired) electrons. The highest BCUT2D eigenvalue weighted by Crippen LogP contribution is 2.16. The van der Waals surface area contributed by atoms with Crippen LogP contribution in [0.25, 0.3) is 0 Å². The fourth-order valence-electron chi connectivity index (χ4n) is 1.63. The highest BCUT2D eigenvalue weighted by atomic mass is 16.6. The number of ether oxygens (including phenoxy) is 2. The minimum Gasteiger partial charge on any atom is -0.447 e. The Kier molecular flexibility index (Phi) is 7.25. The van der Waals surface area contributed by atoms with Gasteiger partial charge in [0.15, 0.2) is 0 Å². The Morgan fingerprint density at radius 3 is 2.43 bits per heavy atom. The second-order valence-electron chi connectivity index (χ2n) is 4.98. The lowest BCUT2D eigenvalue weighted by molar-refractivity contribution is -0.116. The zero-order chi connectivity index (χ0) is 15.7. The fourth-order valence-corrected chi connectivity index (χ4v) is 1.63. The lowest BCUT2D eigenvalue weighted by Gasteiger charge is -2.10. The topological polar surface area (TPSA) is 76.7 Å². The van der Waals surface area contributed by atoms with E-state index >= 15 is 0 Å². The van der Waals surface area contributed by atoms with Gasteiger partial charge in [-0.15, -0.1) is 0 Å². The normalized spacial score (nSPS) is 10.3. The van der Waals surface area contributed by atoms with Crippen molar-refractivity contribution in [3.8, 4) is 0 Å². The predicted octanol–water partition coefficient (Wildman–Crippen LogP) is 2.87. The summed E-state index contributed by atoms with van der Waals surface area (Å²) in [4.78, 5) is 23.2. The summed E-state index contributed by atoms with van der Waals surface area (Å²) in [6.07, 6.45) is -0.103. The molecule has 0 aliphatic heterocycles. The number of anilines is 2. The van der Waals surface area contributed by atoms with E-state index in [-0.39, 0.29) is 12.5 Å². The molecule has 0 unspecified atom stereocenters. The Balaban J connectivity index is 2.52. The molecule has 1 rings (SSSR count). The van der Waals surface area contributed by atoms with E-state index in [2.05, 4.69) is 10.6 Å². The Morgan fingerprint density at radius 2 is 1.81 bits per heavy atom. The highest BCUT2D eigenvalue weighted by Gasteiger charge is 2.07. The summed E-state index contributed by atoms with van der Waals surface area (Å²) in [5.74, 6) is 0.242. The maximum absolute atomic E-state index is 11.7. The summed E-state index contributed by atoms with van der Waals surface area (Å²) in [7, 11) is 1.53. The largest absolute Gasteiger partial charge is 0.447 e. The van der Waals surface area contributed by atoms with Gasteiger partial charge in [0.1, 0.15) is 6.61 Å². The van der Waals surface area contributed by atoms with Crippen LogP contribution in [0.15, 0.2) is 24.3 Å². The van der Waals surface area contributed by atoms with Crippen molar-refractivity contribution in [2.45, 2.75) is 20.3 Å². The molecular weight excluding hydrogens is 272 g/mol. The van der Waals surface area contributed by atoms with Crippen molar-refractivity contribution < 1.29 is 19.1 Å². The van der Waals surface area contributed by atoms with Gasteiger partial charge < -0.3 is 14.8 Å². The molecule has 2 N–H and O–H groups in total. The van der Waals surface area contributed by atoms with E-state index in [1.165, 1.54) is 7.11 Å². The molecule has 0 heterocycles. The van der Waals surface area contributed by atoms with Gasteiger partial charge >= 0.3 is 6.09 Å². The smallest absolute Gasteiger partial charge is 0.411 e. The number of rotatable bonds is 7. The summed E-state index contributed by atoms with van der Waals surface area (Å²) in [6, 6.07) is 6.90. The van der Waals surface area contributed by atoms with Crippen LogP contribution in [0.3, 0.4) is 0 Å². The maximum Gasteiger partial charge on any atom is 0.411 e. The van der Waals surface area contributed by atoms with Crippen molar-refractivity contribution in [2.75, 3.05) is 31.0 Å².